The predicted molar refractivity (Wildman–Crippen MR) is 193 cm³/mol. The molecule has 4 rings (SSSR count). The Hall–Kier alpha value is -4.19. The second kappa shape index (κ2) is 18.0. The number of hydrogen-bond donors (Lipinski definition) is 3. The number of unbranched alkanes of at least 4 members (excludes halogenated alkanes) is 4. The van der Waals surface area contributed by atoms with E-state index < -0.39 is 83.5 Å². The molecular weight excluding hydrogens is 760 g/mol. The third-order valence-corrected chi connectivity index (χ3v) is 10.9. The number of hydrogen-bond acceptors (Lipinski definition) is 6. The van der Waals surface area contributed by atoms with Gasteiger partial charge in [-0.3, -0.25) is 13.9 Å². The van der Waals surface area contributed by atoms with E-state index in [9.17, 15) is 39.4 Å². The molecule has 0 saturated carbocycles. The standard InChI is InChI=1S/C37H41F5N2O8S2/c1-37(19-7-10-22-53(47,48)49)29(44(21-8-3-6-14-30(45)46)36-31(37)32(39)33(40)34(41)35(36)42)13-5-2-4-12-27-18-16-25-15-17-26(38)24-28(25)43(27)20-9-11-23-54(50,51)52/h2,4-5,12-13,15-18,24H,3,6-11,14,19-23H2,1H3,(H2-,45,46,47,48,49,50,51,52)/p+1. The Bertz CT molecular complexity index is 2190. The van der Waals surface area contributed by atoms with Crippen LogP contribution in [0.2, 0.25) is 0 Å². The fraction of sp³-hybridized carbons (Fsp3) is 0.405. The van der Waals surface area contributed by atoms with Crippen LogP contribution in [0.25, 0.3) is 17.0 Å². The van der Waals surface area contributed by atoms with Crippen LogP contribution in [0.4, 0.5) is 27.6 Å². The number of rotatable bonds is 19. The lowest BCUT2D eigenvalue weighted by Crippen LogP contribution is -2.38. The van der Waals surface area contributed by atoms with Crippen molar-refractivity contribution in [2.24, 2.45) is 0 Å². The van der Waals surface area contributed by atoms with Crippen LogP contribution in [0.3, 0.4) is 0 Å². The number of benzene rings is 2. The molecule has 3 aromatic rings. The van der Waals surface area contributed by atoms with E-state index in [0.717, 1.165) is 5.39 Å². The van der Waals surface area contributed by atoms with Crippen LogP contribution in [0, 0.1) is 29.1 Å². The minimum absolute atomic E-state index is 0.0184. The molecule has 1 unspecified atom stereocenters. The lowest BCUT2D eigenvalue weighted by molar-refractivity contribution is -0.673. The second-order valence-electron chi connectivity index (χ2n) is 13.3. The van der Waals surface area contributed by atoms with E-state index in [1.807, 2.05) is 0 Å². The van der Waals surface area contributed by atoms with Gasteiger partial charge in [0.15, 0.2) is 23.3 Å². The van der Waals surface area contributed by atoms with E-state index >= 15 is 8.78 Å². The van der Waals surface area contributed by atoms with E-state index in [2.05, 4.69) is 0 Å². The molecule has 1 aliphatic rings. The summed E-state index contributed by atoms with van der Waals surface area (Å²) in [5.41, 5.74) is -1.10. The largest absolute Gasteiger partial charge is 0.481 e. The number of nitrogens with zero attached hydrogens (tertiary/aromatic N) is 2. The molecule has 294 valence electrons. The first-order chi connectivity index (χ1) is 25.3. The molecule has 1 aromatic heterocycles. The number of carbonyl (C=O) groups is 1. The summed E-state index contributed by atoms with van der Waals surface area (Å²) in [6.45, 7) is 1.76. The van der Waals surface area contributed by atoms with Crippen molar-refractivity contribution in [1.82, 2.24) is 0 Å². The summed E-state index contributed by atoms with van der Waals surface area (Å²) in [5, 5.41) is 9.72. The lowest BCUT2D eigenvalue weighted by atomic mass is 9.76. The minimum atomic E-state index is -4.33. The average Bonchev–Trinajstić information content (AvgIpc) is 3.33. The molecule has 2 heterocycles. The van der Waals surface area contributed by atoms with Gasteiger partial charge in [0.2, 0.25) is 11.2 Å². The number of pyridine rings is 1. The number of aromatic nitrogens is 1. The first-order valence-corrected chi connectivity index (χ1v) is 20.5. The summed E-state index contributed by atoms with van der Waals surface area (Å²) in [6, 6.07) is 7.78. The SMILES string of the molecule is CC1(CCCCS(=O)(=O)O)C(=CC=CC=Cc2ccc3ccc(F)cc3[n+]2CCCCS(=O)(=O)O)N(CCCCCC(=O)O)c2c(F)c(F)c(F)c(F)c21. The van der Waals surface area contributed by atoms with Crippen molar-refractivity contribution in [3.63, 3.8) is 0 Å². The van der Waals surface area contributed by atoms with Crippen LogP contribution in [0.5, 0.6) is 0 Å². The van der Waals surface area contributed by atoms with E-state index in [4.69, 9.17) is 9.66 Å². The zero-order valence-corrected chi connectivity index (χ0v) is 31.1. The zero-order chi connectivity index (χ0) is 39.8. The monoisotopic (exact) mass is 801 g/mol. The summed E-state index contributed by atoms with van der Waals surface area (Å²) in [4.78, 5) is 12.3. The minimum Gasteiger partial charge on any atom is -0.481 e. The highest BCUT2D eigenvalue weighted by Gasteiger charge is 2.48. The highest BCUT2D eigenvalue weighted by molar-refractivity contribution is 7.86. The van der Waals surface area contributed by atoms with Gasteiger partial charge in [-0.15, -0.1) is 0 Å². The van der Waals surface area contributed by atoms with Crippen molar-refractivity contribution in [2.45, 2.75) is 76.7 Å². The highest BCUT2D eigenvalue weighted by atomic mass is 32.2. The van der Waals surface area contributed by atoms with Crippen LogP contribution < -0.4 is 9.47 Å². The first kappa shape index (κ1) is 42.6. The molecule has 0 radical (unpaired) electrons. The first-order valence-electron chi connectivity index (χ1n) is 17.3. The summed E-state index contributed by atoms with van der Waals surface area (Å²) in [6.07, 6.45) is 9.17. The van der Waals surface area contributed by atoms with E-state index in [1.165, 1.54) is 36.1 Å². The molecule has 2 aromatic carbocycles. The van der Waals surface area contributed by atoms with E-state index in [0.29, 0.717) is 24.1 Å². The van der Waals surface area contributed by atoms with Gasteiger partial charge in [0.1, 0.15) is 12.4 Å². The van der Waals surface area contributed by atoms with E-state index in [-0.39, 0.29) is 63.7 Å². The van der Waals surface area contributed by atoms with Crippen LogP contribution >= 0.6 is 0 Å². The normalized spacial score (nSPS) is 17.1. The fourth-order valence-corrected chi connectivity index (χ4v) is 7.92. The van der Waals surface area contributed by atoms with Crippen molar-refractivity contribution in [1.29, 1.82) is 0 Å². The molecule has 0 aliphatic carbocycles. The Labute approximate surface area is 310 Å². The molecule has 54 heavy (non-hydrogen) atoms. The zero-order valence-electron chi connectivity index (χ0n) is 29.4. The quantitative estimate of drug-likeness (QED) is 0.0214. The molecule has 10 nitrogen and oxygen atoms in total. The molecule has 0 bridgehead atoms. The lowest BCUT2D eigenvalue weighted by Gasteiger charge is -2.30. The molecule has 3 N–H and O–H groups in total. The molecule has 1 atom stereocenters. The van der Waals surface area contributed by atoms with Gasteiger partial charge < -0.3 is 10.0 Å². The van der Waals surface area contributed by atoms with Crippen LogP contribution in [-0.2, 0) is 37.0 Å². The van der Waals surface area contributed by atoms with Crippen LogP contribution in [0.15, 0.2) is 60.3 Å². The maximum Gasteiger partial charge on any atom is 0.303 e. The van der Waals surface area contributed by atoms with Gasteiger partial charge in [-0.1, -0.05) is 31.1 Å². The number of allylic oxidation sites excluding steroid dienone is 5. The number of aliphatic carboxylic acids is 1. The molecule has 0 saturated heterocycles. The van der Waals surface area contributed by atoms with Crippen molar-refractivity contribution >= 4 is 48.9 Å². The number of carboxylic acids is 1. The van der Waals surface area contributed by atoms with Gasteiger partial charge in [0.25, 0.3) is 20.2 Å². The summed E-state index contributed by atoms with van der Waals surface area (Å²) in [7, 11) is -8.50. The molecule has 0 fully saturated rings. The molecule has 0 amide bonds. The van der Waals surface area contributed by atoms with Gasteiger partial charge in [0, 0.05) is 59.7 Å². The van der Waals surface area contributed by atoms with Gasteiger partial charge >= 0.3 is 5.97 Å². The summed E-state index contributed by atoms with van der Waals surface area (Å²) < 4.78 is 140. The molecule has 0 spiro atoms. The number of halogens is 5. The van der Waals surface area contributed by atoms with Gasteiger partial charge in [-0.05, 0) is 63.3 Å². The van der Waals surface area contributed by atoms with Crippen molar-refractivity contribution < 1.29 is 62.4 Å². The Balaban J connectivity index is 1.73. The third kappa shape index (κ3) is 10.7. The van der Waals surface area contributed by atoms with Crippen LogP contribution in [0.1, 0.15) is 76.0 Å². The maximum atomic E-state index is 15.7. The number of aryl methyl sites for hydroxylation is 1. The summed E-state index contributed by atoms with van der Waals surface area (Å²) >= 11 is 0. The summed E-state index contributed by atoms with van der Waals surface area (Å²) in [5.74, 6) is -9.76. The van der Waals surface area contributed by atoms with Gasteiger partial charge in [-0.25, -0.2) is 22.0 Å². The smallest absolute Gasteiger partial charge is 0.303 e. The van der Waals surface area contributed by atoms with Crippen LogP contribution in [-0.4, -0.2) is 55.1 Å². The van der Waals surface area contributed by atoms with Crippen molar-refractivity contribution in [2.75, 3.05) is 23.0 Å². The highest BCUT2D eigenvalue weighted by Crippen LogP contribution is 2.53. The molecular formula is C37H42F5N2O8S2+. The number of carboxylic acid groups (broad SMARTS) is 1. The van der Waals surface area contributed by atoms with E-state index in [1.54, 1.807) is 41.0 Å². The Morgan fingerprint density at radius 1 is 0.796 bits per heavy atom. The number of fused-ring (bicyclic) bond motifs is 2. The molecule has 17 heteroatoms. The third-order valence-electron chi connectivity index (χ3n) is 9.33. The average molecular weight is 802 g/mol. The maximum absolute atomic E-state index is 15.7. The van der Waals surface area contributed by atoms with Gasteiger partial charge in [-0.2, -0.15) is 21.4 Å². The second-order valence-corrected chi connectivity index (χ2v) is 16.5. The van der Waals surface area contributed by atoms with Crippen molar-refractivity contribution in [3.05, 3.63) is 101 Å². The Morgan fingerprint density at radius 2 is 1.44 bits per heavy atom. The Kier molecular flexibility index (Phi) is 14.2. The Morgan fingerprint density at radius 3 is 2.11 bits per heavy atom. The topological polar surface area (TPSA) is 153 Å². The number of anilines is 1. The molecule has 1 aliphatic heterocycles. The van der Waals surface area contributed by atoms with Gasteiger partial charge in [0.05, 0.1) is 17.2 Å². The van der Waals surface area contributed by atoms with Crippen molar-refractivity contribution in [3.8, 4) is 0 Å². The predicted octanol–water partition coefficient (Wildman–Crippen LogP) is 7.43. The fourth-order valence-electron chi connectivity index (χ4n) is 6.78.